The van der Waals surface area contributed by atoms with Gasteiger partial charge in [0.1, 0.15) is 6.54 Å². The molecule has 0 radical (unpaired) electrons. The molecule has 1 amide bonds. The average Bonchev–Trinajstić information content (AvgIpc) is 2.90. The molecular weight excluding hydrogens is 398 g/mol. The van der Waals surface area contributed by atoms with Crippen LogP contribution in [0.15, 0.2) is 41.3 Å². The molecule has 28 heavy (non-hydrogen) atoms. The Kier molecular flexibility index (Phi) is 6.17. The van der Waals surface area contributed by atoms with Crippen molar-refractivity contribution < 1.29 is 13.2 Å². The SMILES string of the molecule is CNCCC1CCN(C(=O)CN2c3cccc4cccc(c34)S2(=O)=O)CC1.Cl. The summed E-state index contributed by atoms with van der Waals surface area (Å²) in [5, 5.41) is 4.77. The molecule has 2 heterocycles. The number of benzene rings is 2. The maximum atomic E-state index is 13.0. The van der Waals surface area contributed by atoms with Crippen LogP contribution in [0.1, 0.15) is 19.3 Å². The lowest BCUT2D eigenvalue weighted by Gasteiger charge is -2.33. The molecule has 0 unspecified atom stereocenters. The van der Waals surface area contributed by atoms with Gasteiger partial charge in [0.2, 0.25) is 5.91 Å². The number of piperidine rings is 1. The average molecular weight is 424 g/mol. The van der Waals surface area contributed by atoms with E-state index >= 15 is 0 Å². The number of rotatable bonds is 5. The van der Waals surface area contributed by atoms with E-state index in [4.69, 9.17) is 0 Å². The fraction of sp³-hybridized carbons (Fsp3) is 0.450. The lowest BCUT2D eigenvalue weighted by molar-refractivity contribution is -0.130. The van der Waals surface area contributed by atoms with Crippen LogP contribution in [0.25, 0.3) is 10.8 Å². The van der Waals surface area contributed by atoms with Crippen LogP contribution in [0.4, 0.5) is 5.69 Å². The summed E-state index contributed by atoms with van der Waals surface area (Å²) in [5.74, 6) is 0.519. The van der Waals surface area contributed by atoms with Crippen LogP contribution in [-0.2, 0) is 14.8 Å². The standard InChI is InChI=1S/C20H25N3O3S.ClH/c1-21-11-8-15-9-12-22(13-10-15)19(24)14-23-17-6-2-4-16-5-3-7-18(20(16)17)27(23,25)26;/h2-7,15,21H,8-14H2,1H3;1H. The van der Waals surface area contributed by atoms with E-state index in [-0.39, 0.29) is 24.9 Å². The largest absolute Gasteiger partial charge is 0.341 e. The molecule has 2 aliphatic heterocycles. The topological polar surface area (TPSA) is 69.7 Å². The van der Waals surface area contributed by atoms with E-state index in [9.17, 15) is 13.2 Å². The highest BCUT2D eigenvalue weighted by atomic mass is 35.5. The molecule has 1 N–H and O–H groups in total. The summed E-state index contributed by atoms with van der Waals surface area (Å²) < 4.78 is 27.3. The van der Waals surface area contributed by atoms with E-state index in [0.29, 0.717) is 29.6 Å². The lowest BCUT2D eigenvalue weighted by atomic mass is 9.93. The predicted molar refractivity (Wildman–Crippen MR) is 114 cm³/mol. The van der Waals surface area contributed by atoms with Gasteiger partial charge in [-0.25, -0.2) is 8.42 Å². The maximum absolute atomic E-state index is 13.0. The summed E-state index contributed by atoms with van der Waals surface area (Å²) in [6.07, 6.45) is 3.09. The smallest absolute Gasteiger partial charge is 0.265 e. The van der Waals surface area contributed by atoms with Gasteiger partial charge in [0.25, 0.3) is 10.0 Å². The van der Waals surface area contributed by atoms with Crippen LogP contribution < -0.4 is 9.62 Å². The first-order valence-corrected chi connectivity index (χ1v) is 10.9. The summed E-state index contributed by atoms with van der Waals surface area (Å²) in [6, 6.07) is 10.8. The van der Waals surface area contributed by atoms with Crippen molar-refractivity contribution >= 4 is 44.8 Å². The number of amides is 1. The molecule has 8 heteroatoms. The van der Waals surface area contributed by atoms with Gasteiger partial charge in [0.15, 0.2) is 0 Å². The first-order chi connectivity index (χ1) is 13.0. The van der Waals surface area contributed by atoms with Gasteiger partial charge in [0.05, 0.1) is 10.6 Å². The molecule has 2 aromatic rings. The first-order valence-electron chi connectivity index (χ1n) is 9.49. The van der Waals surface area contributed by atoms with Crippen molar-refractivity contribution in [3.8, 4) is 0 Å². The van der Waals surface area contributed by atoms with Crippen molar-refractivity contribution in [1.29, 1.82) is 0 Å². The molecule has 1 saturated heterocycles. The third-order valence-electron chi connectivity index (χ3n) is 5.73. The monoisotopic (exact) mass is 423 g/mol. The summed E-state index contributed by atoms with van der Waals surface area (Å²) >= 11 is 0. The Bertz CT molecular complexity index is 967. The molecule has 152 valence electrons. The van der Waals surface area contributed by atoms with Gasteiger partial charge >= 0.3 is 0 Å². The number of anilines is 1. The highest BCUT2D eigenvalue weighted by Crippen LogP contribution is 2.41. The first kappa shape index (κ1) is 20.9. The number of halogens is 1. The van der Waals surface area contributed by atoms with Crippen LogP contribution >= 0.6 is 12.4 Å². The zero-order valence-electron chi connectivity index (χ0n) is 15.9. The Hall–Kier alpha value is -1.83. The van der Waals surface area contributed by atoms with Gasteiger partial charge in [-0.2, -0.15) is 0 Å². The number of likely N-dealkylation sites (tertiary alicyclic amines) is 1. The highest BCUT2D eigenvalue weighted by Gasteiger charge is 2.37. The van der Waals surface area contributed by atoms with Gasteiger partial charge in [0, 0.05) is 18.5 Å². The molecule has 0 saturated carbocycles. The van der Waals surface area contributed by atoms with Crippen molar-refractivity contribution in [3.63, 3.8) is 0 Å². The molecule has 1 fully saturated rings. The number of nitrogens with one attached hydrogen (secondary N) is 1. The normalized spacial score (nSPS) is 18.3. The zero-order valence-corrected chi connectivity index (χ0v) is 17.6. The Morgan fingerprint density at radius 1 is 1.14 bits per heavy atom. The van der Waals surface area contributed by atoms with Gasteiger partial charge in [-0.15, -0.1) is 12.4 Å². The van der Waals surface area contributed by atoms with E-state index in [1.54, 1.807) is 18.2 Å². The van der Waals surface area contributed by atoms with Crippen LogP contribution in [-0.4, -0.2) is 52.5 Å². The van der Waals surface area contributed by atoms with Crippen LogP contribution in [0.2, 0.25) is 0 Å². The number of carbonyl (C=O) groups is 1. The number of carbonyl (C=O) groups excluding carboxylic acids is 1. The van der Waals surface area contributed by atoms with Gasteiger partial charge < -0.3 is 10.2 Å². The highest BCUT2D eigenvalue weighted by molar-refractivity contribution is 7.93. The van der Waals surface area contributed by atoms with E-state index in [1.165, 1.54) is 4.31 Å². The van der Waals surface area contributed by atoms with Crippen molar-refractivity contribution in [2.24, 2.45) is 5.92 Å². The third-order valence-corrected chi connectivity index (χ3v) is 7.53. The third kappa shape index (κ3) is 3.58. The Balaban J connectivity index is 0.00000225. The molecule has 0 aliphatic carbocycles. The second-order valence-corrected chi connectivity index (χ2v) is 9.19. The Labute approximate surface area is 172 Å². The lowest BCUT2D eigenvalue weighted by Crippen LogP contribution is -2.45. The van der Waals surface area contributed by atoms with E-state index in [2.05, 4.69) is 5.32 Å². The molecule has 0 spiro atoms. The van der Waals surface area contributed by atoms with Crippen molar-refractivity contribution in [2.75, 3.05) is 37.5 Å². The summed E-state index contributed by atoms with van der Waals surface area (Å²) in [5.41, 5.74) is 0.611. The van der Waals surface area contributed by atoms with Gasteiger partial charge in [-0.05, 0) is 56.3 Å². The second-order valence-electron chi connectivity index (χ2n) is 7.36. The molecule has 2 aliphatic rings. The van der Waals surface area contributed by atoms with E-state index < -0.39 is 10.0 Å². The fourth-order valence-electron chi connectivity index (χ4n) is 4.17. The number of hydrogen-bond donors (Lipinski definition) is 1. The molecule has 2 aromatic carbocycles. The fourth-order valence-corrected chi connectivity index (χ4v) is 5.83. The van der Waals surface area contributed by atoms with E-state index in [1.807, 2.05) is 30.1 Å². The minimum atomic E-state index is -3.68. The number of sulfonamides is 1. The molecule has 0 bridgehead atoms. The van der Waals surface area contributed by atoms with Gasteiger partial charge in [-0.1, -0.05) is 24.3 Å². The molecule has 0 atom stereocenters. The Morgan fingerprint density at radius 3 is 2.50 bits per heavy atom. The second kappa shape index (κ2) is 8.27. The molecular formula is C20H26ClN3O3S. The van der Waals surface area contributed by atoms with Crippen molar-refractivity contribution in [1.82, 2.24) is 10.2 Å². The van der Waals surface area contributed by atoms with Gasteiger partial charge in [-0.3, -0.25) is 9.10 Å². The molecule has 4 rings (SSSR count). The van der Waals surface area contributed by atoms with Crippen LogP contribution in [0, 0.1) is 5.92 Å². The minimum Gasteiger partial charge on any atom is -0.341 e. The minimum absolute atomic E-state index is 0. The number of nitrogens with zero attached hydrogens (tertiary/aromatic N) is 2. The van der Waals surface area contributed by atoms with Crippen LogP contribution in [0.3, 0.4) is 0 Å². The summed E-state index contributed by atoms with van der Waals surface area (Å²) in [6.45, 7) is 2.28. The Morgan fingerprint density at radius 2 is 1.82 bits per heavy atom. The summed E-state index contributed by atoms with van der Waals surface area (Å²) in [4.78, 5) is 15.0. The quantitative estimate of drug-likeness (QED) is 0.802. The van der Waals surface area contributed by atoms with Crippen LogP contribution in [0.5, 0.6) is 0 Å². The molecule has 0 aromatic heterocycles. The zero-order chi connectivity index (χ0) is 19.0. The summed E-state index contributed by atoms with van der Waals surface area (Å²) in [7, 11) is -1.73. The van der Waals surface area contributed by atoms with E-state index in [0.717, 1.165) is 36.6 Å². The van der Waals surface area contributed by atoms with Crippen molar-refractivity contribution in [2.45, 2.75) is 24.2 Å². The maximum Gasteiger partial charge on any atom is 0.265 e. The van der Waals surface area contributed by atoms with Crippen molar-refractivity contribution in [3.05, 3.63) is 36.4 Å². The predicted octanol–water partition coefficient (Wildman–Crippen LogP) is 2.62. The number of hydrogen-bond acceptors (Lipinski definition) is 4. The molecule has 6 nitrogen and oxygen atoms in total.